The van der Waals surface area contributed by atoms with Crippen molar-refractivity contribution in [1.82, 2.24) is 0 Å². The van der Waals surface area contributed by atoms with Crippen LogP contribution >= 0.6 is 0 Å². The SMILES string of the molecule is CC(C)C(=O)Nc1ccc(C(=O)[C@H](C)OC(=O)c2ccc([N+](=O)[O-])cc2)cc1. The summed E-state index contributed by atoms with van der Waals surface area (Å²) in [6.07, 6.45) is -1.04. The Kier molecular flexibility index (Phi) is 6.59. The standard InChI is InChI=1S/C20H20N2O6/c1-12(2)19(24)21-16-8-4-14(5-9-16)18(23)13(3)28-20(25)15-6-10-17(11-7-15)22(26)27/h4-13H,1-3H3,(H,21,24)/t13-/m0/s1. The van der Waals surface area contributed by atoms with Crippen molar-refractivity contribution in [3.05, 3.63) is 69.8 Å². The van der Waals surface area contributed by atoms with E-state index in [-0.39, 0.29) is 23.1 Å². The molecular weight excluding hydrogens is 364 g/mol. The molecule has 2 rings (SSSR count). The zero-order valence-electron chi connectivity index (χ0n) is 15.7. The van der Waals surface area contributed by atoms with Gasteiger partial charge in [-0.25, -0.2) is 4.79 Å². The molecule has 1 amide bonds. The van der Waals surface area contributed by atoms with Crippen molar-refractivity contribution in [2.75, 3.05) is 5.32 Å². The van der Waals surface area contributed by atoms with Gasteiger partial charge in [0, 0.05) is 29.3 Å². The molecule has 0 saturated carbocycles. The van der Waals surface area contributed by atoms with E-state index in [0.717, 1.165) is 0 Å². The molecule has 8 nitrogen and oxygen atoms in total. The predicted molar refractivity (Wildman–Crippen MR) is 102 cm³/mol. The minimum Gasteiger partial charge on any atom is -0.451 e. The molecule has 0 bridgehead atoms. The molecule has 0 spiro atoms. The van der Waals surface area contributed by atoms with Crippen LogP contribution in [0.4, 0.5) is 11.4 Å². The molecule has 1 N–H and O–H groups in total. The van der Waals surface area contributed by atoms with Gasteiger partial charge in [-0.15, -0.1) is 0 Å². The summed E-state index contributed by atoms with van der Waals surface area (Å²) >= 11 is 0. The highest BCUT2D eigenvalue weighted by Gasteiger charge is 2.21. The van der Waals surface area contributed by atoms with E-state index < -0.39 is 22.8 Å². The summed E-state index contributed by atoms with van der Waals surface area (Å²) in [6.45, 7) is 4.99. The molecule has 8 heteroatoms. The Labute approximate surface area is 161 Å². The second-order valence-electron chi connectivity index (χ2n) is 6.44. The number of rotatable bonds is 7. The molecular formula is C20H20N2O6. The monoisotopic (exact) mass is 384 g/mol. The molecule has 0 aliphatic rings. The number of benzene rings is 2. The third-order valence-electron chi connectivity index (χ3n) is 3.93. The molecule has 28 heavy (non-hydrogen) atoms. The van der Waals surface area contributed by atoms with E-state index in [4.69, 9.17) is 4.74 Å². The van der Waals surface area contributed by atoms with Crippen molar-refractivity contribution < 1.29 is 24.0 Å². The maximum Gasteiger partial charge on any atom is 0.338 e. The molecule has 0 aliphatic carbocycles. The van der Waals surface area contributed by atoms with Crippen LogP contribution in [-0.2, 0) is 9.53 Å². The Morgan fingerprint density at radius 2 is 1.46 bits per heavy atom. The van der Waals surface area contributed by atoms with Gasteiger partial charge in [0.05, 0.1) is 10.5 Å². The van der Waals surface area contributed by atoms with Gasteiger partial charge in [0.15, 0.2) is 6.10 Å². The van der Waals surface area contributed by atoms with Gasteiger partial charge in [-0.05, 0) is 43.3 Å². The Balaban J connectivity index is 2.00. The van der Waals surface area contributed by atoms with Crippen molar-refractivity contribution in [2.24, 2.45) is 5.92 Å². The summed E-state index contributed by atoms with van der Waals surface area (Å²) in [5.74, 6) is -1.46. The topological polar surface area (TPSA) is 116 Å². The summed E-state index contributed by atoms with van der Waals surface area (Å²) in [5, 5.41) is 13.4. The highest BCUT2D eigenvalue weighted by molar-refractivity contribution is 6.02. The van der Waals surface area contributed by atoms with Crippen LogP contribution in [0.15, 0.2) is 48.5 Å². The number of amides is 1. The van der Waals surface area contributed by atoms with Gasteiger partial charge in [0.25, 0.3) is 5.69 Å². The highest BCUT2D eigenvalue weighted by atomic mass is 16.6. The van der Waals surface area contributed by atoms with Crippen molar-refractivity contribution in [1.29, 1.82) is 0 Å². The molecule has 0 unspecified atom stereocenters. The molecule has 0 fully saturated rings. The van der Waals surface area contributed by atoms with Gasteiger partial charge in [-0.2, -0.15) is 0 Å². The van der Waals surface area contributed by atoms with E-state index in [1.807, 2.05) is 0 Å². The number of nitrogens with one attached hydrogen (secondary N) is 1. The van der Waals surface area contributed by atoms with Crippen LogP contribution in [0.1, 0.15) is 41.5 Å². The number of nitrogens with zero attached hydrogens (tertiary/aromatic N) is 1. The number of anilines is 1. The van der Waals surface area contributed by atoms with Gasteiger partial charge in [-0.1, -0.05) is 13.8 Å². The smallest absolute Gasteiger partial charge is 0.338 e. The van der Waals surface area contributed by atoms with Crippen LogP contribution in [0.5, 0.6) is 0 Å². The second-order valence-corrected chi connectivity index (χ2v) is 6.44. The van der Waals surface area contributed by atoms with Gasteiger partial charge in [0.1, 0.15) is 0 Å². The summed E-state index contributed by atoms with van der Waals surface area (Å²) in [6, 6.07) is 11.2. The molecule has 0 saturated heterocycles. The van der Waals surface area contributed by atoms with Crippen LogP contribution in [0.2, 0.25) is 0 Å². The molecule has 146 valence electrons. The fraction of sp³-hybridized carbons (Fsp3) is 0.250. The zero-order chi connectivity index (χ0) is 20.8. The highest BCUT2D eigenvalue weighted by Crippen LogP contribution is 2.16. The number of non-ortho nitro benzene ring substituents is 1. The summed E-state index contributed by atoms with van der Waals surface area (Å²) < 4.78 is 5.15. The third-order valence-corrected chi connectivity index (χ3v) is 3.93. The molecule has 0 aliphatic heterocycles. The van der Waals surface area contributed by atoms with E-state index in [2.05, 4.69) is 5.32 Å². The first-order valence-electron chi connectivity index (χ1n) is 8.59. The van der Waals surface area contributed by atoms with Gasteiger partial charge >= 0.3 is 5.97 Å². The van der Waals surface area contributed by atoms with E-state index in [9.17, 15) is 24.5 Å². The lowest BCUT2D eigenvalue weighted by molar-refractivity contribution is -0.384. The minimum atomic E-state index is -1.04. The normalized spacial score (nSPS) is 11.6. The Bertz CT molecular complexity index is 888. The maximum atomic E-state index is 12.4. The van der Waals surface area contributed by atoms with Crippen molar-refractivity contribution in [3.63, 3.8) is 0 Å². The molecule has 1 atom stereocenters. The number of hydrogen-bond donors (Lipinski definition) is 1. The van der Waals surface area contributed by atoms with E-state index in [1.54, 1.807) is 26.0 Å². The van der Waals surface area contributed by atoms with E-state index in [1.165, 1.54) is 43.3 Å². The Morgan fingerprint density at radius 3 is 1.96 bits per heavy atom. The number of Topliss-reactive ketones (excluding diaryl/α,β-unsaturated/α-hetero) is 1. The van der Waals surface area contributed by atoms with Crippen LogP contribution < -0.4 is 5.32 Å². The van der Waals surface area contributed by atoms with Crippen LogP contribution in [0, 0.1) is 16.0 Å². The van der Waals surface area contributed by atoms with E-state index in [0.29, 0.717) is 11.3 Å². The second kappa shape index (κ2) is 8.90. The minimum absolute atomic E-state index is 0.108. The number of nitro groups is 1. The average Bonchev–Trinajstić information content (AvgIpc) is 2.67. The van der Waals surface area contributed by atoms with Crippen molar-refractivity contribution in [2.45, 2.75) is 26.9 Å². The van der Waals surface area contributed by atoms with Crippen LogP contribution in [-0.4, -0.2) is 28.7 Å². The summed E-state index contributed by atoms with van der Waals surface area (Å²) in [4.78, 5) is 46.3. The first kappa shape index (κ1) is 20.8. The van der Waals surface area contributed by atoms with Crippen LogP contribution in [0.25, 0.3) is 0 Å². The predicted octanol–water partition coefficient (Wildman–Crippen LogP) is 3.62. The fourth-order valence-electron chi connectivity index (χ4n) is 2.24. The number of nitro benzene ring substituents is 1. The Morgan fingerprint density at radius 1 is 0.929 bits per heavy atom. The van der Waals surface area contributed by atoms with E-state index >= 15 is 0 Å². The summed E-state index contributed by atoms with van der Waals surface area (Å²) in [7, 11) is 0. The first-order valence-corrected chi connectivity index (χ1v) is 8.59. The number of ketones is 1. The number of esters is 1. The lowest BCUT2D eigenvalue weighted by Gasteiger charge is -2.13. The number of hydrogen-bond acceptors (Lipinski definition) is 6. The van der Waals surface area contributed by atoms with Gasteiger partial charge in [0.2, 0.25) is 11.7 Å². The number of carbonyl (C=O) groups is 3. The maximum absolute atomic E-state index is 12.4. The zero-order valence-corrected chi connectivity index (χ0v) is 15.7. The van der Waals surface area contributed by atoms with Crippen LogP contribution in [0.3, 0.4) is 0 Å². The molecule has 0 radical (unpaired) electrons. The molecule has 0 aromatic heterocycles. The molecule has 2 aromatic rings. The number of carbonyl (C=O) groups excluding carboxylic acids is 3. The van der Waals surface area contributed by atoms with Gasteiger partial charge < -0.3 is 10.1 Å². The molecule has 0 heterocycles. The lowest BCUT2D eigenvalue weighted by Crippen LogP contribution is -2.24. The van der Waals surface area contributed by atoms with Gasteiger partial charge in [-0.3, -0.25) is 19.7 Å². The lowest BCUT2D eigenvalue weighted by atomic mass is 10.1. The molecule has 2 aromatic carbocycles. The van der Waals surface area contributed by atoms with Crippen molar-refractivity contribution in [3.8, 4) is 0 Å². The average molecular weight is 384 g/mol. The largest absolute Gasteiger partial charge is 0.451 e. The quantitative estimate of drug-likeness (QED) is 0.337. The fourth-order valence-corrected chi connectivity index (χ4v) is 2.24. The first-order chi connectivity index (χ1) is 13.2. The van der Waals surface area contributed by atoms with Crippen molar-refractivity contribution >= 4 is 29.0 Å². The summed E-state index contributed by atoms with van der Waals surface area (Å²) in [5.41, 5.74) is 0.847. The third kappa shape index (κ3) is 5.23. The Hall–Kier alpha value is -3.55. The number of ether oxygens (including phenoxy) is 1.